The number of para-hydroxylation sites is 1. The van der Waals surface area contributed by atoms with Crippen LogP contribution in [0.15, 0.2) is 54.6 Å². The molecular formula is C21H22N4O3S. The molecule has 4 amide bonds. The third-order valence-corrected chi connectivity index (χ3v) is 6.69. The van der Waals surface area contributed by atoms with E-state index in [1.165, 1.54) is 0 Å². The van der Waals surface area contributed by atoms with Crippen LogP contribution in [-0.4, -0.2) is 39.4 Å². The fraction of sp³-hybridized carbons (Fsp3) is 0.286. The van der Waals surface area contributed by atoms with Crippen molar-refractivity contribution in [3.05, 3.63) is 54.6 Å². The Kier molecular flexibility index (Phi) is 5.19. The SMILES string of the molecule is C[C@]12CCC(=O)N1[C@H](C(=O)Nc1ccc(NC(=O)Nc3ccccc3)cc1)CS2. The number of hydrogen-bond donors (Lipinski definition) is 3. The van der Waals surface area contributed by atoms with Crippen LogP contribution in [0.2, 0.25) is 0 Å². The number of rotatable bonds is 4. The van der Waals surface area contributed by atoms with Gasteiger partial charge in [-0.3, -0.25) is 9.59 Å². The number of thioether (sulfide) groups is 1. The predicted molar refractivity (Wildman–Crippen MR) is 115 cm³/mol. The number of benzene rings is 2. The normalized spacial score (nSPS) is 22.9. The zero-order valence-corrected chi connectivity index (χ0v) is 16.8. The van der Waals surface area contributed by atoms with E-state index in [1.54, 1.807) is 53.1 Å². The van der Waals surface area contributed by atoms with Crippen molar-refractivity contribution in [1.29, 1.82) is 0 Å². The van der Waals surface area contributed by atoms with Crippen LogP contribution in [0.3, 0.4) is 0 Å². The molecule has 2 aliphatic rings. The Labute approximate surface area is 173 Å². The van der Waals surface area contributed by atoms with E-state index < -0.39 is 6.04 Å². The summed E-state index contributed by atoms with van der Waals surface area (Å²) < 4.78 is 0. The van der Waals surface area contributed by atoms with Gasteiger partial charge >= 0.3 is 6.03 Å². The third kappa shape index (κ3) is 4.07. The molecule has 2 aromatic rings. The van der Waals surface area contributed by atoms with Gasteiger partial charge in [-0.1, -0.05) is 18.2 Å². The van der Waals surface area contributed by atoms with Gasteiger partial charge in [0.15, 0.2) is 0 Å². The van der Waals surface area contributed by atoms with Gasteiger partial charge in [-0.15, -0.1) is 11.8 Å². The van der Waals surface area contributed by atoms with Crippen molar-refractivity contribution in [3.8, 4) is 0 Å². The molecule has 0 aromatic heterocycles. The quantitative estimate of drug-likeness (QED) is 0.716. The van der Waals surface area contributed by atoms with Gasteiger partial charge in [0.25, 0.3) is 0 Å². The molecule has 2 atom stereocenters. The van der Waals surface area contributed by atoms with E-state index in [1.807, 2.05) is 25.1 Å². The van der Waals surface area contributed by atoms with E-state index in [9.17, 15) is 14.4 Å². The molecule has 4 rings (SSSR count). The van der Waals surface area contributed by atoms with E-state index in [0.717, 1.165) is 6.42 Å². The van der Waals surface area contributed by atoms with Crippen LogP contribution in [0.25, 0.3) is 0 Å². The van der Waals surface area contributed by atoms with Gasteiger partial charge in [0.05, 0.1) is 4.87 Å². The average Bonchev–Trinajstić information content (AvgIpc) is 3.20. The zero-order chi connectivity index (χ0) is 20.4. The Bertz CT molecular complexity index is 935. The number of nitrogens with zero attached hydrogens (tertiary/aromatic N) is 1. The summed E-state index contributed by atoms with van der Waals surface area (Å²) in [5, 5.41) is 8.37. The number of fused-ring (bicyclic) bond motifs is 1. The summed E-state index contributed by atoms with van der Waals surface area (Å²) in [7, 11) is 0. The number of hydrogen-bond acceptors (Lipinski definition) is 4. The number of carbonyl (C=O) groups excluding carboxylic acids is 3. The number of urea groups is 1. The molecule has 0 aliphatic carbocycles. The van der Waals surface area contributed by atoms with Gasteiger partial charge in [-0.25, -0.2) is 4.79 Å². The molecule has 0 unspecified atom stereocenters. The smallest absolute Gasteiger partial charge is 0.323 e. The Morgan fingerprint density at radius 2 is 1.55 bits per heavy atom. The minimum atomic E-state index is -0.450. The van der Waals surface area contributed by atoms with Gasteiger partial charge < -0.3 is 20.9 Å². The van der Waals surface area contributed by atoms with Crippen molar-refractivity contribution in [2.24, 2.45) is 0 Å². The summed E-state index contributed by atoms with van der Waals surface area (Å²) in [5.74, 6) is 0.466. The molecule has 2 aliphatic heterocycles. The average molecular weight is 410 g/mol. The second-order valence-electron chi connectivity index (χ2n) is 7.28. The fourth-order valence-corrected chi connectivity index (χ4v) is 5.12. The van der Waals surface area contributed by atoms with Crippen LogP contribution in [0.4, 0.5) is 21.9 Å². The predicted octanol–water partition coefficient (Wildman–Crippen LogP) is 3.72. The lowest BCUT2D eigenvalue weighted by Gasteiger charge is -2.29. The third-order valence-electron chi connectivity index (χ3n) is 5.19. The van der Waals surface area contributed by atoms with E-state index in [-0.39, 0.29) is 22.7 Å². The van der Waals surface area contributed by atoms with Crippen molar-refractivity contribution < 1.29 is 14.4 Å². The maximum Gasteiger partial charge on any atom is 0.323 e. The monoisotopic (exact) mass is 410 g/mol. The van der Waals surface area contributed by atoms with Gasteiger partial charge in [0.2, 0.25) is 11.8 Å². The van der Waals surface area contributed by atoms with Crippen molar-refractivity contribution >= 4 is 46.7 Å². The molecule has 7 nitrogen and oxygen atoms in total. The van der Waals surface area contributed by atoms with Crippen molar-refractivity contribution in [2.45, 2.75) is 30.7 Å². The summed E-state index contributed by atoms with van der Waals surface area (Å²) in [6, 6.07) is 15.3. The first-order valence-electron chi connectivity index (χ1n) is 9.45. The van der Waals surface area contributed by atoms with E-state index in [4.69, 9.17) is 0 Å². The van der Waals surface area contributed by atoms with E-state index >= 15 is 0 Å². The first kappa shape index (κ1) is 19.3. The number of anilines is 3. The molecule has 2 saturated heterocycles. The lowest BCUT2D eigenvalue weighted by Crippen LogP contribution is -2.48. The Morgan fingerprint density at radius 3 is 2.21 bits per heavy atom. The standard InChI is InChI=1S/C21H22N4O3S/c1-21-12-11-18(26)25(21)17(13-29-21)19(27)22-15-7-9-16(10-8-15)24-20(28)23-14-5-3-2-4-6-14/h2-10,17H,11-13H2,1H3,(H,22,27)(H2,23,24,28)/t17-,21-/m0/s1. The second-order valence-corrected chi connectivity index (χ2v) is 8.78. The Morgan fingerprint density at radius 1 is 0.966 bits per heavy atom. The second kappa shape index (κ2) is 7.79. The van der Waals surface area contributed by atoms with Crippen LogP contribution in [0.5, 0.6) is 0 Å². The molecule has 2 heterocycles. The highest BCUT2D eigenvalue weighted by atomic mass is 32.2. The van der Waals surface area contributed by atoms with Crippen LogP contribution in [-0.2, 0) is 9.59 Å². The van der Waals surface area contributed by atoms with Crippen LogP contribution < -0.4 is 16.0 Å². The maximum absolute atomic E-state index is 12.7. The van der Waals surface area contributed by atoms with Crippen LogP contribution in [0.1, 0.15) is 19.8 Å². The zero-order valence-electron chi connectivity index (χ0n) is 16.0. The topological polar surface area (TPSA) is 90.5 Å². The summed E-state index contributed by atoms with van der Waals surface area (Å²) in [5.41, 5.74) is 1.93. The van der Waals surface area contributed by atoms with Crippen molar-refractivity contribution in [3.63, 3.8) is 0 Å². The van der Waals surface area contributed by atoms with Crippen molar-refractivity contribution in [1.82, 2.24) is 4.90 Å². The molecule has 0 saturated carbocycles. The molecule has 3 N–H and O–H groups in total. The Balaban J connectivity index is 1.34. The molecular weight excluding hydrogens is 388 g/mol. The van der Waals surface area contributed by atoms with E-state index in [2.05, 4.69) is 16.0 Å². The summed E-state index contributed by atoms with van der Waals surface area (Å²) in [6.07, 6.45) is 1.28. The van der Waals surface area contributed by atoms with Crippen LogP contribution >= 0.6 is 11.8 Å². The maximum atomic E-state index is 12.7. The fourth-order valence-electron chi connectivity index (χ4n) is 3.69. The summed E-state index contributed by atoms with van der Waals surface area (Å²) in [6.45, 7) is 2.02. The van der Waals surface area contributed by atoms with Gasteiger partial charge in [-0.05, 0) is 49.7 Å². The lowest BCUT2D eigenvalue weighted by atomic mass is 10.2. The molecule has 0 spiro atoms. The van der Waals surface area contributed by atoms with Gasteiger partial charge in [0, 0.05) is 29.2 Å². The van der Waals surface area contributed by atoms with E-state index in [0.29, 0.717) is 29.2 Å². The van der Waals surface area contributed by atoms with Gasteiger partial charge in [0.1, 0.15) is 6.04 Å². The molecule has 2 fully saturated rings. The largest absolute Gasteiger partial charge is 0.324 e. The van der Waals surface area contributed by atoms with Gasteiger partial charge in [-0.2, -0.15) is 0 Å². The molecule has 150 valence electrons. The lowest BCUT2D eigenvalue weighted by molar-refractivity contribution is -0.135. The highest BCUT2D eigenvalue weighted by molar-refractivity contribution is 8.01. The van der Waals surface area contributed by atoms with Crippen LogP contribution in [0, 0.1) is 0 Å². The molecule has 0 radical (unpaired) electrons. The number of amides is 4. The highest BCUT2D eigenvalue weighted by Gasteiger charge is 2.52. The summed E-state index contributed by atoms with van der Waals surface area (Å²) >= 11 is 1.67. The minimum Gasteiger partial charge on any atom is -0.324 e. The molecule has 29 heavy (non-hydrogen) atoms. The first-order chi connectivity index (χ1) is 13.9. The molecule has 8 heteroatoms. The molecule has 2 aromatic carbocycles. The molecule has 0 bridgehead atoms. The highest BCUT2D eigenvalue weighted by Crippen LogP contribution is 2.47. The van der Waals surface area contributed by atoms with Crippen molar-refractivity contribution in [2.75, 3.05) is 21.7 Å². The minimum absolute atomic E-state index is 0.0432. The number of carbonyl (C=O) groups is 3. The first-order valence-corrected chi connectivity index (χ1v) is 10.4. The summed E-state index contributed by atoms with van der Waals surface area (Å²) in [4.78, 5) is 38.4. The Hall–Kier alpha value is -3.00. The number of nitrogens with one attached hydrogen (secondary N) is 3.